The SMILES string of the molecule is COCCNCC(=O)NCC1CCN(Cc2cccs2)CC1. The summed E-state index contributed by atoms with van der Waals surface area (Å²) in [5, 5.41) is 8.23. The fraction of sp³-hybridized carbons (Fsp3) is 0.688. The highest BCUT2D eigenvalue weighted by Gasteiger charge is 2.19. The van der Waals surface area contributed by atoms with Crippen LogP contribution in [0.4, 0.5) is 0 Å². The fourth-order valence-corrected chi connectivity index (χ4v) is 3.41. The van der Waals surface area contributed by atoms with Crippen molar-refractivity contribution in [3.63, 3.8) is 0 Å². The van der Waals surface area contributed by atoms with Gasteiger partial charge in [-0.05, 0) is 43.3 Å². The highest BCUT2D eigenvalue weighted by atomic mass is 32.1. The minimum atomic E-state index is 0.0807. The summed E-state index contributed by atoms with van der Waals surface area (Å²) in [5.74, 6) is 0.694. The third-order valence-electron chi connectivity index (χ3n) is 4.02. The number of hydrogen-bond acceptors (Lipinski definition) is 5. The minimum Gasteiger partial charge on any atom is -0.383 e. The van der Waals surface area contributed by atoms with Crippen LogP contribution in [-0.4, -0.2) is 57.2 Å². The number of nitrogens with one attached hydrogen (secondary N) is 2. The van der Waals surface area contributed by atoms with E-state index in [2.05, 4.69) is 33.0 Å². The second kappa shape index (κ2) is 9.94. The van der Waals surface area contributed by atoms with E-state index in [1.54, 1.807) is 7.11 Å². The van der Waals surface area contributed by atoms with Crippen LogP contribution in [0.5, 0.6) is 0 Å². The number of hydrogen-bond donors (Lipinski definition) is 2. The number of carbonyl (C=O) groups excluding carboxylic acids is 1. The Balaban J connectivity index is 1.54. The van der Waals surface area contributed by atoms with Crippen LogP contribution in [0.15, 0.2) is 17.5 Å². The number of methoxy groups -OCH3 is 1. The van der Waals surface area contributed by atoms with E-state index in [0.717, 1.165) is 26.2 Å². The van der Waals surface area contributed by atoms with E-state index in [1.165, 1.54) is 17.7 Å². The standard InChI is InChI=1S/C16H27N3O2S/c1-21-9-6-17-12-16(20)18-11-14-4-7-19(8-5-14)13-15-3-2-10-22-15/h2-3,10,14,17H,4-9,11-13H2,1H3,(H,18,20). The molecule has 1 saturated heterocycles. The zero-order chi connectivity index (χ0) is 15.6. The Morgan fingerprint density at radius 1 is 1.45 bits per heavy atom. The maximum Gasteiger partial charge on any atom is 0.233 e. The van der Waals surface area contributed by atoms with Crippen molar-refractivity contribution in [2.45, 2.75) is 19.4 Å². The predicted octanol–water partition coefficient (Wildman–Crippen LogP) is 1.31. The van der Waals surface area contributed by atoms with Crippen LogP contribution in [0, 0.1) is 5.92 Å². The Morgan fingerprint density at radius 3 is 2.95 bits per heavy atom. The summed E-state index contributed by atoms with van der Waals surface area (Å²) in [5.41, 5.74) is 0. The Hall–Kier alpha value is -0.950. The number of ether oxygens (including phenoxy) is 1. The van der Waals surface area contributed by atoms with Gasteiger partial charge in [0.1, 0.15) is 0 Å². The number of rotatable bonds is 9. The molecule has 0 atom stereocenters. The van der Waals surface area contributed by atoms with Crippen LogP contribution in [0.1, 0.15) is 17.7 Å². The molecule has 2 N–H and O–H groups in total. The number of likely N-dealkylation sites (tertiary alicyclic amines) is 1. The fourth-order valence-electron chi connectivity index (χ4n) is 2.67. The van der Waals surface area contributed by atoms with E-state index in [-0.39, 0.29) is 5.91 Å². The number of carbonyl (C=O) groups is 1. The van der Waals surface area contributed by atoms with Crippen molar-refractivity contribution < 1.29 is 9.53 Å². The molecule has 0 aromatic carbocycles. The third kappa shape index (κ3) is 6.44. The third-order valence-corrected chi connectivity index (χ3v) is 4.88. The predicted molar refractivity (Wildman–Crippen MR) is 90.1 cm³/mol. The minimum absolute atomic E-state index is 0.0807. The maximum absolute atomic E-state index is 11.7. The van der Waals surface area contributed by atoms with E-state index in [4.69, 9.17) is 4.74 Å². The summed E-state index contributed by atoms with van der Waals surface area (Å²) in [6.07, 6.45) is 2.34. The van der Waals surface area contributed by atoms with Gasteiger partial charge in [-0.3, -0.25) is 9.69 Å². The molecule has 1 amide bonds. The topological polar surface area (TPSA) is 53.6 Å². The molecule has 1 aromatic heterocycles. The molecule has 0 aliphatic carbocycles. The first-order chi connectivity index (χ1) is 10.8. The molecule has 2 heterocycles. The summed E-state index contributed by atoms with van der Waals surface area (Å²) in [7, 11) is 1.66. The van der Waals surface area contributed by atoms with Gasteiger partial charge in [0.15, 0.2) is 0 Å². The van der Waals surface area contributed by atoms with Gasteiger partial charge in [0, 0.05) is 31.6 Å². The Bertz CT molecular complexity index is 417. The molecule has 5 nitrogen and oxygen atoms in total. The zero-order valence-corrected chi connectivity index (χ0v) is 14.2. The van der Waals surface area contributed by atoms with E-state index >= 15 is 0 Å². The molecule has 1 aliphatic rings. The van der Waals surface area contributed by atoms with Gasteiger partial charge >= 0.3 is 0 Å². The largest absolute Gasteiger partial charge is 0.383 e. The molecule has 1 aliphatic heterocycles. The Morgan fingerprint density at radius 2 is 2.27 bits per heavy atom. The average molecular weight is 325 g/mol. The lowest BCUT2D eigenvalue weighted by molar-refractivity contribution is -0.120. The van der Waals surface area contributed by atoms with Gasteiger partial charge in [-0.25, -0.2) is 0 Å². The first kappa shape index (κ1) is 17.4. The molecule has 0 unspecified atom stereocenters. The number of thiophene rings is 1. The summed E-state index contributed by atoms with van der Waals surface area (Å²) in [6.45, 7) is 5.86. The van der Waals surface area contributed by atoms with Gasteiger partial charge in [0.2, 0.25) is 5.91 Å². The number of amides is 1. The van der Waals surface area contributed by atoms with Crippen LogP contribution < -0.4 is 10.6 Å². The lowest BCUT2D eigenvalue weighted by Crippen LogP contribution is -2.41. The van der Waals surface area contributed by atoms with E-state index in [1.807, 2.05) is 11.3 Å². The first-order valence-electron chi connectivity index (χ1n) is 7.99. The first-order valence-corrected chi connectivity index (χ1v) is 8.87. The van der Waals surface area contributed by atoms with Gasteiger partial charge < -0.3 is 15.4 Å². The smallest absolute Gasteiger partial charge is 0.233 e. The van der Waals surface area contributed by atoms with Gasteiger partial charge in [0.05, 0.1) is 13.2 Å². The van der Waals surface area contributed by atoms with Crippen molar-refractivity contribution >= 4 is 17.2 Å². The molecular weight excluding hydrogens is 298 g/mol. The number of piperidine rings is 1. The molecule has 1 aromatic rings. The van der Waals surface area contributed by atoms with Crippen LogP contribution in [0.2, 0.25) is 0 Å². The maximum atomic E-state index is 11.7. The second-order valence-electron chi connectivity index (χ2n) is 5.77. The average Bonchev–Trinajstić information content (AvgIpc) is 3.04. The van der Waals surface area contributed by atoms with Gasteiger partial charge in [0.25, 0.3) is 0 Å². The molecule has 0 radical (unpaired) electrons. The number of nitrogens with zero attached hydrogens (tertiary/aromatic N) is 1. The zero-order valence-electron chi connectivity index (χ0n) is 13.3. The van der Waals surface area contributed by atoms with Crippen molar-refractivity contribution in [2.75, 3.05) is 46.4 Å². The summed E-state index contributed by atoms with van der Waals surface area (Å²) < 4.78 is 4.93. The highest BCUT2D eigenvalue weighted by Crippen LogP contribution is 2.20. The summed E-state index contributed by atoms with van der Waals surface area (Å²) in [6, 6.07) is 4.32. The van der Waals surface area contributed by atoms with Crippen molar-refractivity contribution in [3.05, 3.63) is 22.4 Å². The normalized spacial score (nSPS) is 16.8. The van der Waals surface area contributed by atoms with E-state index in [0.29, 0.717) is 25.6 Å². The molecule has 0 bridgehead atoms. The van der Waals surface area contributed by atoms with E-state index in [9.17, 15) is 4.79 Å². The van der Waals surface area contributed by atoms with Crippen molar-refractivity contribution in [1.29, 1.82) is 0 Å². The Labute approximate surface area is 137 Å². The molecule has 1 fully saturated rings. The highest BCUT2D eigenvalue weighted by molar-refractivity contribution is 7.09. The molecular formula is C16H27N3O2S. The van der Waals surface area contributed by atoms with Crippen LogP contribution in [0.25, 0.3) is 0 Å². The monoisotopic (exact) mass is 325 g/mol. The lowest BCUT2D eigenvalue weighted by Gasteiger charge is -2.31. The molecule has 6 heteroatoms. The van der Waals surface area contributed by atoms with E-state index < -0.39 is 0 Å². The second-order valence-corrected chi connectivity index (χ2v) is 6.80. The van der Waals surface area contributed by atoms with Crippen molar-refractivity contribution in [1.82, 2.24) is 15.5 Å². The van der Waals surface area contributed by atoms with Crippen molar-refractivity contribution in [2.24, 2.45) is 5.92 Å². The van der Waals surface area contributed by atoms with Crippen LogP contribution in [-0.2, 0) is 16.1 Å². The summed E-state index contributed by atoms with van der Waals surface area (Å²) in [4.78, 5) is 15.7. The van der Waals surface area contributed by atoms with Gasteiger partial charge in [-0.1, -0.05) is 6.07 Å². The molecule has 0 spiro atoms. The molecule has 0 saturated carbocycles. The molecule has 124 valence electrons. The molecule has 22 heavy (non-hydrogen) atoms. The summed E-state index contributed by atoms with van der Waals surface area (Å²) >= 11 is 1.83. The van der Waals surface area contributed by atoms with Crippen LogP contribution in [0.3, 0.4) is 0 Å². The lowest BCUT2D eigenvalue weighted by atomic mass is 9.97. The van der Waals surface area contributed by atoms with Gasteiger partial charge in [-0.15, -0.1) is 11.3 Å². The van der Waals surface area contributed by atoms with Crippen LogP contribution >= 0.6 is 11.3 Å². The Kier molecular flexibility index (Phi) is 7.87. The van der Waals surface area contributed by atoms with Crippen molar-refractivity contribution in [3.8, 4) is 0 Å². The van der Waals surface area contributed by atoms with Gasteiger partial charge in [-0.2, -0.15) is 0 Å². The quantitative estimate of drug-likeness (QED) is 0.672. The molecule has 2 rings (SSSR count).